The second-order valence-electron chi connectivity index (χ2n) is 5.55. The van der Waals surface area contributed by atoms with Crippen LogP contribution in [0, 0.1) is 0 Å². The van der Waals surface area contributed by atoms with Crippen LogP contribution in [0.4, 0.5) is 0 Å². The molecule has 4 heteroatoms. The summed E-state index contributed by atoms with van der Waals surface area (Å²) in [5, 5.41) is 2.50. The van der Waals surface area contributed by atoms with Crippen molar-refractivity contribution in [2.45, 2.75) is 35.7 Å². The Bertz CT molecular complexity index is 618. The number of rotatable bonds is 2. The van der Waals surface area contributed by atoms with Crippen LogP contribution in [0.15, 0.2) is 41.6 Å². The van der Waals surface area contributed by atoms with Crippen LogP contribution < -0.4 is 5.73 Å². The number of fused-ring (bicyclic) bond motifs is 1. The van der Waals surface area contributed by atoms with Crippen molar-refractivity contribution >= 4 is 22.7 Å². The Morgan fingerprint density at radius 1 is 1.32 bits per heavy atom. The molecule has 4 rings (SSSR count). The van der Waals surface area contributed by atoms with Crippen LogP contribution in [0.5, 0.6) is 0 Å². The highest BCUT2D eigenvalue weighted by Gasteiger charge is 2.56. The Morgan fingerprint density at radius 2 is 2.21 bits per heavy atom. The highest BCUT2D eigenvalue weighted by molar-refractivity contribution is 7.97. The van der Waals surface area contributed by atoms with E-state index in [0.717, 1.165) is 13.0 Å². The number of pyridine rings is 1. The van der Waals surface area contributed by atoms with Crippen LogP contribution in [0.1, 0.15) is 19.3 Å². The lowest BCUT2D eigenvalue weighted by molar-refractivity contribution is 0.390. The molecule has 0 amide bonds. The molecule has 19 heavy (non-hydrogen) atoms. The molecule has 1 aliphatic heterocycles. The zero-order valence-electron chi connectivity index (χ0n) is 10.7. The van der Waals surface area contributed by atoms with E-state index >= 15 is 0 Å². The molecule has 1 saturated carbocycles. The molecule has 0 bridgehead atoms. The summed E-state index contributed by atoms with van der Waals surface area (Å²) in [6, 6.07) is 8.90. The normalized spacial score (nSPS) is 25.2. The minimum atomic E-state index is 0.292. The minimum Gasteiger partial charge on any atom is -0.326 e. The van der Waals surface area contributed by atoms with E-state index in [9.17, 15) is 0 Å². The second-order valence-corrected chi connectivity index (χ2v) is 6.61. The molecule has 1 aromatic heterocycles. The fourth-order valence-electron chi connectivity index (χ4n) is 3.11. The van der Waals surface area contributed by atoms with Crippen molar-refractivity contribution in [1.82, 2.24) is 9.29 Å². The molecular formula is C15H17N3S. The van der Waals surface area contributed by atoms with E-state index in [2.05, 4.69) is 33.6 Å². The van der Waals surface area contributed by atoms with E-state index in [0.29, 0.717) is 11.6 Å². The quantitative estimate of drug-likeness (QED) is 0.853. The number of nitrogens with two attached hydrogens (primary N) is 1. The molecule has 1 aliphatic carbocycles. The summed E-state index contributed by atoms with van der Waals surface area (Å²) in [6.07, 6.45) is 7.44. The van der Waals surface area contributed by atoms with Gasteiger partial charge in [0.1, 0.15) is 0 Å². The van der Waals surface area contributed by atoms with Gasteiger partial charge in [-0.1, -0.05) is 12.1 Å². The van der Waals surface area contributed by atoms with Gasteiger partial charge in [0.05, 0.1) is 0 Å². The summed E-state index contributed by atoms with van der Waals surface area (Å²) < 4.78 is 2.52. The van der Waals surface area contributed by atoms with Gasteiger partial charge < -0.3 is 5.73 Å². The Hall–Kier alpha value is -1.10. The fourth-order valence-corrected chi connectivity index (χ4v) is 4.47. The summed E-state index contributed by atoms with van der Waals surface area (Å²) in [6.45, 7) is 1.10. The van der Waals surface area contributed by atoms with Gasteiger partial charge in [-0.3, -0.25) is 4.98 Å². The Kier molecular flexibility index (Phi) is 2.59. The number of benzene rings is 1. The van der Waals surface area contributed by atoms with E-state index in [1.54, 1.807) is 0 Å². The summed E-state index contributed by atoms with van der Waals surface area (Å²) >= 11 is 1.88. The molecule has 1 atom stereocenters. The van der Waals surface area contributed by atoms with E-state index < -0.39 is 0 Å². The summed E-state index contributed by atoms with van der Waals surface area (Å²) in [5.74, 6) is 0. The van der Waals surface area contributed by atoms with Gasteiger partial charge in [0, 0.05) is 40.8 Å². The lowest BCUT2D eigenvalue weighted by Crippen LogP contribution is -2.38. The molecule has 2 aromatic rings. The number of nitrogens with zero attached hydrogens (tertiary/aromatic N) is 2. The molecule has 2 N–H and O–H groups in total. The first-order chi connectivity index (χ1) is 9.29. The van der Waals surface area contributed by atoms with Gasteiger partial charge >= 0.3 is 0 Å². The number of hydrogen-bond acceptors (Lipinski definition) is 4. The molecular weight excluding hydrogens is 254 g/mol. The smallest absolute Gasteiger partial charge is 0.0469 e. The monoisotopic (exact) mass is 271 g/mol. The van der Waals surface area contributed by atoms with E-state index in [-0.39, 0.29) is 0 Å². The maximum atomic E-state index is 6.27. The topological polar surface area (TPSA) is 42.1 Å². The molecule has 0 radical (unpaired) electrons. The molecule has 98 valence electrons. The largest absolute Gasteiger partial charge is 0.326 e. The molecule has 1 spiro atoms. The van der Waals surface area contributed by atoms with Gasteiger partial charge in [-0.25, -0.2) is 4.31 Å². The van der Waals surface area contributed by atoms with Gasteiger partial charge in [-0.2, -0.15) is 0 Å². The summed E-state index contributed by atoms with van der Waals surface area (Å²) in [4.78, 5) is 5.52. The number of hydrogen-bond donors (Lipinski definition) is 1. The van der Waals surface area contributed by atoms with Crippen LogP contribution >= 0.6 is 11.9 Å². The zero-order valence-corrected chi connectivity index (χ0v) is 11.6. The first kappa shape index (κ1) is 11.7. The van der Waals surface area contributed by atoms with Gasteiger partial charge in [0.15, 0.2) is 0 Å². The first-order valence-corrected chi connectivity index (χ1v) is 7.61. The van der Waals surface area contributed by atoms with Crippen LogP contribution in [-0.2, 0) is 0 Å². The summed E-state index contributed by atoms with van der Waals surface area (Å²) in [7, 11) is 0. The average molecular weight is 271 g/mol. The predicted octanol–water partition coefficient (Wildman–Crippen LogP) is 2.81. The van der Waals surface area contributed by atoms with Crippen molar-refractivity contribution in [2.75, 3.05) is 6.54 Å². The standard InChI is InChI=1S/C15H17N3S/c16-14-5-9-18(15(14)6-7-15)19-13-3-1-2-11-10-17-8-4-12(11)13/h1-4,8,10,14H,5-7,9,16H2. The SMILES string of the molecule is NC1CCN(Sc2cccc3cnccc23)C12CC2. The van der Waals surface area contributed by atoms with E-state index in [1.807, 2.05) is 24.3 Å². The Labute approximate surface area is 117 Å². The van der Waals surface area contributed by atoms with Crippen molar-refractivity contribution in [1.29, 1.82) is 0 Å². The third kappa shape index (κ3) is 1.78. The van der Waals surface area contributed by atoms with E-state index in [1.165, 1.54) is 28.5 Å². The Balaban J connectivity index is 1.69. The van der Waals surface area contributed by atoms with Gasteiger partial charge in [-0.05, 0) is 48.7 Å². The van der Waals surface area contributed by atoms with Gasteiger partial charge in [0.2, 0.25) is 0 Å². The van der Waals surface area contributed by atoms with Crippen LogP contribution in [0.25, 0.3) is 10.8 Å². The van der Waals surface area contributed by atoms with Crippen molar-refractivity contribution < 1.29 is 0 Å². The lowest BCUT2D eigenvalue weighted by atomic mass is 10.1. The van der Waals surface area contributed by atoms with Crippen LogP contribution in [-0.4, -0.2) is 27.4 Å². The highest BCUT2D eigenvalue weighted by atomic mass is 32.2. The third-order valence-corrected chi connectivity index (χ3v) is 5.76. The third-order valence-electron chi connectivity index (χ3n) is 4.44. The molecule has 1 aromatic carbocycles. The van der Waals surface area contributed by atoms with E-state index in [4.69, 9.17) is 5.73 Å². The van der Waals surface area contributed by atoms with Crippen molar-refractivity contribution in [3.8, 4) is 0 Å². The molecule has 3 nitrogen and oxygen atoms in total. The van der Waals surface area contributed by atoms with Crippen LogP contribution in [0.2, 0.25) is 0 Å². The van der Waals surface area contributed by atoms with Gasteiger partial charge in [-0.15, -0.1) is 0 Å². The number of aromatic nitrogens is 1. The molecule has 1 saturated heterocycles. The van der Waals surface area contributed by atoms with Crippen molar-refractivity contribution in [3.63, 3.8) is 0 Å². The minimum absolute atomic E-state index is 0.292. The zero-order chi connectivity index (χ0) is 12.9. The highest BCUT2D eigenvalue weighted by Crippen LogP contribution is 2.53. The predicted molar refractivity (Wildman–Crippen MR) is 78.9 cm³/mol. The fraction of sp³-hybridized carbons (Fsp3) is 0.400. The summed E-state index contributed by atoms with van der Waals surface area (Å²) in [5.41, 5.74) is 6.56. The second kappa shape index (κ2) is 4.20. The van der Waals surface area contributed by atoms with Crippen molar-refractivity contribution in [3.05, 3.63) is 36.7 Å². The van der Waals surface area contributed by atoms with Gasteiger partial charge in [0.25, 0.3) is 0 Å². The maximum Gasteiger partial charge on any atom is 0.0469 e. The molecule has 2 fully saturated rings. The molecule has 2 heterocycles. The molecule has 2 aliphatic rings. The van der Waals surface area contributed by atoms with Crippen molar-refractivity contribution in [2.24, 2.45) is 5.73 Å². The molecule has 1 unspecified atom stereocenters. The Morgan fingerprint density at radius 3 is 3.05 bits per heavy atom. The van der Waals surface area contributed by atoms with Crippen LogP contribution in [0.3, 0.4) is 0 Å². The first-order valence-electron chi connectivity index (χ1n) is 6.83. The maximum absolute atomic E-state index is 6.27. The average Bonchev–Trinajstić information content (AvgIpc) is 3.19. The lowest BCUT2D eigenvalue weighted by Gasteiger charge is -2.25.